The van der Waals surface area contributed by atoms with Gasteiger partial charge in [0.25, 0.3) is 0 Å². The lowest BCUT2D eigenvalue weighted by molar-refractivity contribution is -0.137. The van der Waals surface area contributed by atoms with Crippen LogP contribution in [-0.4, -0.2) is 41.9 Å². The van der Waals surface area contributed by atoms with E-state index in [0.29, 0.717) is 24.5 Å². The molecule has 0 amide bonds. The standard InChI is InChI=1S/C17H18F3N3O3S/c1-12-21-9-6-16(22-12)26-14-7-10-23(11-8-14)27(24,25)15-4-2-13(3-5-15)17(18,19)20/h2-6,9,14H,7-8,10-11H2,1H3. The number of aromatic nitrogens is 2. The van der Waals surface area contributed by atoms with Crippen LogP contribution in [-0.2, 0) is 16.2 Å². The van der Waals surface area contributed by atoms with E-state index in [2.05, 4.69) is 9.97 Å². The largest absolute Gasteiger partial charge is 0.474 e. The van der Waals surface area contributed by atoms with E-state index in [4.69, 9.17) is 4.74 Å². The number of alkyl halides is 3. The molecule has 1 fully saturated rings. The van der Waals surface area contributed by atoms with Crippen LogP contribution in [0.25, 0.3) is 0 Å². The number of halogens is 3. The number of ether oxygens (including phenoxy) is 1. The molecule has 0 bridgehead atoms. The maximum absolute atomic E-state index is 12.6. The van der Waals surface area contributed by atoms with Crippen LogP contribution in [0.4, 0.5) is 13.2 Å². The average molecular weight is 401 g/mol. The number of rotatable bonds is 4. The third-order valence-electron chi connectivity index (χ3n) is 4.26. The van der Waals surface area contributed by atoms with Crippen molar-refractivity contribution in [2.24, 2.45) is 0 Å². The Hall–Kier alpha value is -2.20. The summed E-state index contributed by atoms with van der Waals surface area (Å²) in [4.78, 5) is 7.99. The minimum absolute atomic E-state index is 0.152. The molecule has 2 aromatic rings. The van der Waals surface area contributed by atoms with Gasteiger partial charge in [-0.3, -0.25) is 0 Å². The van der Waals surface area contributed by atoms with E-state index < -0.39 is 21.8 Å². The smallest absolute Gasteiger partial charge is 0.416 e. The van der Waals surface area contributed by atoms with Crippen LogP contribution in [0.2, 0.25) is 0 Å². The number of piperidine rings is 1. The predicted octanol–water partition coefficient (Wildman–Crippen LogP) is 3.04. The molecule has 0 atom stereocenters. The van der Waals surface area contributed by atoms with Crippen molar-refractivity contribution < 1.29 is 26.3 Å². The molecule has 6 nitrogen and oxygen atoms in total. The van der Waals surface area contributed by atoms with E-state index in [-0.39, 0.29) is 24.1 Å². The molecule has 1 aromatic carbocycles. The van der Waals surface area contributed by atoms with Crippen molar-refractivity contribution >= 4 is 10.0 Å². The lowest BCUT2D eigenvalue weighted by Crippen LogP contribution is -2.41. The lowest BCUT2D eigenvalue weighted by Gasteiger charge is -2.31. The van der Waals surface area contributed by atoms with Crippen molar-refractivity contribution in [2.45, 2.75) is 36.9 Å². The van der Waals surface area contributed by atoms with Gasteiger partial charge >= 0.3 is 6.18 Å². The summed E-state index contributed by atoms with van der Waals surface area (Å²) in [6, 6.07) is 5.17. The molecule has 1 saturated heterocycles. The van der Waals surface area contributed by atoms with E-state index in [1.165, 1.54) is 4.31 Å². The second kappa shape index (κ2) is 7.43. The van der Waals surface area contributed by atoms with Crippen LogP contribution in [0.3, 0.4) is 0 Å². The summed E-state index contributed by atoms with van der Waals surface area (Å²) in [5.74, 6) is 1.02. The lowest BCUT2D eigenvalue weighted by atomic mass is 10.1. The van der Waals surface area contributed by atoms with Gasteiger partial charge in [-0.25, -0.2) is 13.4 Å². The van der Waals surface area contributed by atoms with Crippen LogP contribution in [0.1, 0.15) is 24.2 Å². The van der Waals surface area contributed by atoms with Crippen molar-refractivity contribution in [2.75, 3.05) is 13.1 Å². The van der Waals surface area contributed by atoms with E-state index in [9.17, 15) is 21.6 Å². The van der Waals surface area contributed by atoms with Crippen molar-refractivity contribution in [3.05, 3.63) is 47.9 Å². The first-order valence-corrected chi connectivity index (χ1v) is 9.74. The Morgan fingerprint density at radius 2 is 1.74 bits per heavy atom. The topological polar surface area (TPSA) is 72.4 Å². The monoisotopic (exact) mass is 401 g/mol. The normalized spacial score (nSPS) is 17.0. The summed E-state index contributed by atoms with van der Waals surface area (Å²) in [7, 11) is -3.84. The van der Waals surface area contributed by atoms with Gasteiger partial charge < -0.3 is 4.74 Å². The van der Waals surface area contributed by atoms with Crippen molar-refractivity contribution in [1.82, 2.24) is 14.3 Å². The minimum atomic E-state index is -4.50. The molecule has 0 N–H and O–H groups in total. The van der Waals surface area contributed by atoms with Crippen molar-refractivity contribution in [3.63, 3.8) is 0 Å². The highest BCUT2D eigenvalue weighted by Gasteiger charge is 2.33. The maximum atomic E-state index is 12.6. The average Bonchev–Trinajstić information content (AvgIpc) is 2.62. The SMILES string of the molecule is Cc1nccc(OC2CCN(S(=O)(=O)c3ccc(C(F)(F)F)cc3)CC2)n1. The van der Waals surface area contributed by atoms with Gasteiger partial charge in [-0.05, 0) is 44.0 Å². The fraction of sp³-hybridized carbons (Fsp3) is 0.412. The number of benzene rings is 1. The number of nitrogens with zero attached hydrogens (tertiary/aromatic N) is 3. The Balaban J connectivity index is 1.64. The summed E-state index contributed by atoms with van der Waals surface area (Å²) in [5, 5.41) is 0. The molecule has 0 radical (unpaired) electrons. The van der Waals surface area contributed by atoms with Gasteiger partial charge in [-0.15, -0.1) is 0 Å². The second-order valence-corrected chi connectivity index (χ2v) is 8.12. The highest BCUT2D eigenvalue weighted by molar-refractivity contribution is 7.89. The summed E-state index contributed by atoms with van der Waals surface area (Å²) >= 11 is 0. The first-order chi connectivity index (χ1) is 12.7. The molecule has 3 rings (SSSR count). The Morgan fingerprint density at radius 3 is 2.30 bits per heavy atom. The van der Waals surface area contributed by atoms with Crippen LogP contribution < -0.4 is 4.74 Å². The molecule has 0 saturated carbocycles. The summed E-state index contributed by atoms with van der Waals surface area (Å²) in [6.07, 6.45) is -2.18. The molecule has 27 heavy (non-hydrogen) atoms. The van der Waals surface area contributed by atoms with Gasteiger partial charge in [0.15, 0.2) is 0 Å². The quantitative estimate of drug-likeness (QED) is 0.788. The number of sulfonamides is 1. The van der Waals surface area contributed by atoms with Gasteiger partial charge in [0.2, 0.25) is 15.9 Å². The molecular formula is C17H18F3N3O3S. The van der Waals surface area contributed by atoms with Gasteiger partial charge in [-0.1, -0.05) is 0 Å². The summed E-state index contributed by atoms with van der Waals surface area (Å²) in [6.45, 7) is 2.18. The highest BCUT2D eigenvalue weighted by atomic mass is 32.2. The molecule has 0 aliphatic carbocycles. The molecule has 1 aliphatic rings. The van der Waals surface area contributed by atoms with Gasteiger partial charge in [0.1, 0.15) is 11.9 Å². The van der Waals surface area contributed by atoms with Gasteiger partial charge in [0.05, 0.1) is 10.5 Å². The van der Waals surface area contributed by atoms with E-state index in [1.54, 1.807) is 19.2 Å². The Bertz CT molecular complexity index is 894. The van der Waals surface area contributed by atoms with Gasteiger partial charge in [-0.2, -0.15) is 22.5 Å². The minimum Gasteiger partial charge on any atom is -0.474 e. The molecule has 1 aromatic heterocycles. The first-order valence-electron chi connectivity index (χ1n) is 8.30. The zero-order valence-corrected chi connectivity index (χ0v) is 15.3. The van der Waals surface area contributed by atoms with Crippen LogP contribution >= 0.6 is 0 Å². The summed E-state index contributed by atoms with van der Waals surface area (Å²) in [5.41, 5.74) is -0.881. The third-order valence-corrected chi connectivity index (χ3v) is 6.17. The van der Waals surface area contributed by atoms with Crippen molar-refractivity contribution in [1.29, 1.82) is 0 Å². The Kier molecular flexibility index (Phi) is 5.38. The van der Waals surface area contributed by atoms with E-state index in [1.807, 2.05) is 0 Å². The van der Waals surface area contributed by atoms with Gasteiger partial charge in [0, 0.05) is 25.4 Å². The van der Waals surface area contributed by atoms with Crippen molar-refractivity contribution in [3.8, 4) is 5.88 Å². The zero-order chi connectivity index (χ0) is 19.7. The molecular weight excluding hydrogens is 383 g/mol. The molecule has 1 aliphatic heterocycles. The predicted molar refractivity (Wildman–Crippen MR) is 90.6 cm³/mol. The third kappa shape index (κ3) is 4.56. The Labute approximate surface area is 155 Å². The molecule has 2 heterocycles. The van der Waals surface area contributed by atoms with E-state index >= 15 is 0 Å². The number of hydrogen-bond donors (Lipinski definition) is 0. The fourth-order valence-electron chi connectivity index (χ4n) is 2.83. The zero-order valence-electron chi connectivity index (χ0n) is 14.5. The Morgan fingerprint density at radius 1 is 1.11 bits per heavy atom. The van der Waals surface area contributed by atoms with Crippen LogP contribution in [0.5, 0.6) is 5.88 Å². The molecule has 0 unspecified atom stereocenters. The van der Waals surface area contributed by atoms with E-state index in [0.717, 1.165) is 24.3 Å². The molecule has 0 spiro atoms. The molecule has 146 valence electrons. The fourth-order valence-corrected chi connectivity index (χ4v) is 4.30. The number of hydrogen-bond acceptors (Lipinski definition) is 5. The molecule has 10 heteroatoms. The summed E-state index contributed by atoms with van der Waals surface area (Å²) < 4.78 is 70.2. The number of aryl methyl sites for hydroxylation is 1. The van der Waals surface area contributed by atoms with Crippen LogP contribution in [0, 0.1) is 6.92 Å². The maximum Gasteiger partial charge on any atom is 0.416 e. The second-order valence-electron chi connectivity index (χ2n) is 6.19. The highest BCUT2D eigenvalue weighted by Crippen LogP contribution is 2.30. The van der Waals surface area contributed by atoms with Crippen LogP contribution in [0.15, 0.2) is 41.4 Å². The first kappa shape index (κ1) is 19.6.